The molecule has 0 spiro atoms. The van der Waals surface area contributed by atoms with Crippen molar-refractivity contribution in [3.63, 3.8) is 0 Å². The first-order valence-electron chi connectivity index (χ1n) is 8.34. The lowest BCUT2D eigenvalue weighted by molar-refractivity contribution is -0.000494. The molecule has 0 amide bonds. The molecule has 128 valence electrons. The summed E-state index contributed by atoms with van der Waals surface area (Å²) in [7, 11) is -3.46. The summed E-state index contributed by atoms with van der Waals surface area (Å²) >= 11 is 0. The molecule has 1 fully saturated rings. The van der Waals surface area contributed by atoms with Crippen LogP contribution in [0.1, 0.15) is 18.1 Å². The standard InChI is InChI=1S/C19H23NO3S/c1-2-16-8-10-19(11-9-16)24(21,22)20-12-13-23-18(15-20)14-17-6-4-3-5-7-17/h3-11,18H,2,12-15H2,1H3. The fraction of sp³-hybridized carbons (Fsp3) is 0.368. The molecule has 1 heterocycles. The van der Waals surface area contributed by atoms with Gasteiger partial charge < -0.3 is 4.74 Å². The zero-order chi connectivity index (χ0) is 17.0. The van der Waals surface area contributed by atoms with E-state index in [0.717, 1.165) is 24.0 Å². The van der Waals surface area contributed by atoms with Gasteiger partial charge in [0.05, 0.1) is 17.6 Å². The van der Waals surface area contributed by atoms with Crippen LogP contribution < -0.4 is 0 Å². The van der Waals surface area contributed by atoms with Crippen LogP contribution in [0.25, 0.3) is 0 Å². The highest BCUT2D eigenvalue weighted by Gasteiger charge is 2.30. The molecule has 24 heavy (non-hydrogen) atoms. The number of ether oxygens (including phenoxy) is 1. The Balaban J connectivity index is 1.73. The van der Waals surface area contributed by atoms with Crippen molar-refractivity contribution in [3.8, 4) is 0 Å². The lowest BCUT2D eigenvalue weighted by Gasteiger charge is -2.32. The van der Waals surface area contributed by atoms with E-state index >= 15 is 0 Å². The molecular weight excluding hydrogens is 322 g/mol. The van der Waals surface area contributed by atoms with Gasteiger partial charge in [-0.25, -0.2) is 8.42 Å². The predicted molar refractivity (Wildman–Crippen MR) is 94.5 cm³/mol. The minimum Gasteiger partial charge on any atom is -0.375 e. The molecule has 3 rings (SSSR count). The quantitative estimate of drug-likeness (QED) is 0.837. The average molecular weight is 345 g/mol. The molecule has 2 aromatic carbocycles. The van der Waals surface area contributed by atoms with E-state index in [0.29, 0.717) is 24.6 Å². The van der Waals surface area contributed by atoms with Crippen molar-refractivity contribution in [1.82, 2.24) is 4.31 Å². The Morgan fingerprint density at radius 3 is 2.42 bits per heavy atom. The highest BCUT2D eigenvalue weighted by atomic mass is 32.2. The molecule has 4 nitrogen and oxygen atoms in total. The minimum absolute atomic E-state index is 0.106. The number of rotatable bonds is 5. The Labute approximate surface area is 144 Å². The topological polar surface area (TPSA) is 46.6 Å². The van der Waals surface area contributed by atoms with Gasteiger partial charge in [0.2, 0.25) is 10.0 Å². The molecule has 0 aliphatic carbocycles. The Morgan fingerprint density at radius 2 is 1.75 bits per heavy atom. The van der Waals surface area contributed by atoms with E-state index < -0.39 is 10.0 Å². The summed E-state index contributed by atoms with van der Waals surface area (Å²) in [6.45, 7) is 3.29. The summed E-state index contributed by atoms with van der Waals surface area (Å²) in [5.41, 5.74) is 2.30. The molecular formula is C19H23NO3S. The lowest BCUT2D eigenvalue weighted by Crippen LogP contribution is -2.46. The van der Waals surface area contributed by atoms with Gasteiger partial charge in [0.15, 0.2) is 0 Å². The zero-order valence-electron chi connectivity index (χ0n) is 13.9. The summed E-state index contributed by atoms with van der Waals surface area (Å²) < 4.78 is 33.0. The fourth-order valence-electron chi connectivity index (χ4n) is 2.96. The molecule has 1 aliphatic rings. The van der Waals surface area contributed by atoms with Crippen molar-refractivity contribution in [2.75, 3.05) is 19.7 Å². The molecule has 5 heteroatoms. The van der Waals surface area contributed by atoms with Gasteiger partial charge in [-0.3, -0.25) is 0 Å². The third-order valence-corrected chi connectivity index (χ3v) is 6.26. The summed E-state index contributed by atoms with van der Waals surface area (Å²) in [6.07, 6.45) is 1.52. The van der Waals surface area contributed by atoms with Gasteiger partial charge in [-0.1, -0.05) is 49.4 Å². The molecule has 0 bridgehead atoms. The van der Waals surface area contributed by atoms with Crippen molar-refractivity contribution in [1.29, 1.82) is 0 Å². The molecule has 0 N–H and O–H groups in total. The number of hydrogen-bond acceptors (Lipinski definition) is 3. The third-order valence-electron chi connectivity index (χ3n) is 4.38. The molecule has 0 saturated carbocycles. The van der Waals surface area contributed by atoms with E-state index in [2.05, 4.69) is 6.92 Å². The Hall–Kier alpha value is -1.69. The second-order valence-corrected chi connectivity index (χ2v) is 7.98. The zero-order valence-corrected chi connectivity index (χ0v) is 14.7. The second kappa shape index (κ2) is 7.47. The molecule has 1 aliphatic heterocycles. The molecule has 0 aromatic heterocycles. The highest BCUT2D eigenvalue weighted by molar-refractivity contribution is 7.89. The van der Waals surface area contributed by atoms with Crippen molar-refractivity contribution < 1.29 is 13.2 Å². The molecule has 1 saturated heterocycles. The van der Waals surface area contributed by atoms with Gasteiger partial charge in [0.25, 0.3) is 0 Å². The molecule has 1 atom stereocenters. The van der Waals surface area contributed by atoms with Crippen LogP contribution in [0.2, 0.25) is 0 Å². The van der Waals surface area contributed by atoms with Crippen LogP contribution in [0, 0.1) is 0 Å². The third kappa shape index (κ3) is 3.86. The van der Waals surface area contributed by atoms with Crippen LogP contribution in [0.5, 0.6) is 0 Å². The van der Waals surface area contributed by atoms with E-state index in [9.17, 15) is 8.42 Å². The largest absolute Gasteiger partial charge is 0.375 e. The van der Waals surface area contributed by atoms with Crippen LogP contribution in [0.15, 0.2) is 59.5 Å². The van der Waals surface area contributed by atoms with Crippen molar-refractivity contribution >= 4 is 10.0 Å². The summed E-state index contributed by atoms with van der Waals surface area (Å²) in [4.78, 5) is 0.361. The van der Waals surface area contributed by atoms with Gasteiger partial charge in [-0.15, -0.1) is 0 Å². The van der Waals surface area contributed by atoms with Crippen molar-refractivity contribution in [3.05, 3.63) is 65.7 Å². The lowest BCUT2D eigenvalue weighted by atomic mass is 10.1. The molecule has 2 aromatic rings. The van der Waals surface area contributed by atoms with Gasteiger partial charge in [0, 0.05) is 13.1 Å². The number of hydrogen-bond donors (Lipinski definition) is 0. The number of aryl methyl sites for hydroxylation is 1. The summed E-state index contributed by atoms with van der Waals surface area (Å²) in [6, 6.07) is 17.2. The first-order valence-corrected chi connectivity index (χ1v) is 9.78. The first-order chi connectivity index (χ1) is 11.6. The number of benzene rings is 2. The molecule has 0 radical (unpaired) electrons. The number of nitrogens with zero attached hydrogens (tertiary/aromatic N) is 1. The van der Waals surface area contributed by atoms with Crippen LogP contribution in [-0.2, 0) is 27.6 Å². The van der Waals surface area contributed by atoms with E-state index in [1.165, 1.54) is 0 Å². The van der Waals surface area contributed by atoms with E-state index in [4.69, 9.17) is 4.74 Å². The van der Waals surface area contributed by atoms with Crippen molar-refractivity contribution in [2.24, 2.45) is 0 Å². The fourth-order valence-corrected chi connectivity index (χ4v) is 4.41. The predicted octanol–water partition coefficient (Wildman–Crippen LogP) is 2.88. The smallest absolute Gasteiger partial charge is 0.243 e. The average Bonchev–Trinajstić information content (AvgIpc) is 2.63. The maximum absolute atomic E-state index is 12.9. The van der Waals surface area contributed by atoms with Crippen LogP contribution in [-0.4, -0.2) is 38.5 Å². The van der Waals surface area contributed by atoms with Crippen LogP contribution >= 0.6 is 0 Å². The van der Waals surface area contributed by atoms with Crippen molar-refractivity contribution in [2.45, 2.75) is 30.8 Å². The highest BCUT2D eigenvalue weighted by Crippen LogP contribution is 2.21. The van der Waals surface area contributed by atoms with E-state index in [-0.39, 0.29) is 6.10 Å². The summed E-state index contributed by atoms with van der Waals surface area (Å²) in [5, 5.41) is 0. The SMILES string of the molecule is CCc1ccc(S(=O)(=O)N2CCOC(Cc3ccccc3)C2)cc1. The maximum atomic E-state index is 12.9. The van der Waals surface area contributed by atoms with Gasteiger partial charge >= 0.3 is 0 Å². The van der Waals surface area contributed by atoms with Crippen LogP contribution in [0.4, 0.5) is 0 Å². The normalized spacial score (nSPS) is 19.3. The van der Waals surface area contributed by atoms with Gasteiger partial charge in [-0.2, -0.15) is 4.31 Å². The Bertz CT molecular complexity index is 757. The molecule has 1 unspecified atom stereocenters. The van der Waals surface area contributed by atoms with E-state index in [1.807, 2.05) is 42.5 Å². The second-order valence-electron chi connectivity index (χ2n) is 6.04. The number of sulfonamides is 1. The van der Waals surface area contributed by atoms with Crippen LogP contribution in [0.3, 0.4) is 0 Å². The Morgan fingerprint density at radius 1 is 1.04 bits per heavy atom. The summed E-state index contributed by atoms with van der Waals surface area (Å²) in [5.74, 6) is 0. The maximum Gasteiger partial charge on any atom is 0.243 e. The Kier molecular flexibility index (Phi) is 5.33. The van der Waals surface area contributed by atoms with Gasteiger partial charge in [-0.05, 0) is 36.1 Å². The number of morpholine rings is 1. The monoisotopic (exact) mass is 345 g/mol. The van der Waals surface area contributed by atoms with E-state index in [1.54, 1.807) is 16.4 Å². The first kappa shape index (κ1) is 17.1. The van der Waals surface area contributed by atoms with Gasteiger partial charge in [0.1, 0.15) is 0 Å². The minimum atomic E-state index is -3.46.